The number of carbonyl (C=O) groups excluding carboxylic acids is 3. The van der Waals surface area contributed by atoms with Gasteiger partial charge in [-0.25, -0.2) is 4.79 Å². The van der Waals surface area contributed by atoms with E-state index in [1.165, 1.54) is 7.11 Å². The van der Waals surface area contributed by atoms with Gasteiger partial charge in [0, 0.05) is 18.0 Å². The van der Waals surface area contributed by atoms with Crippen molar-refractivity contribution in [3.8, 4) is 0 Å². The van der Waals surface area contributed by atoms with Crippen molar-refractivity contribution in [1.82, 2.24) is 5.32 Å². The number of ether oxygens (including phenoxy) is 1. The van der Waals surface area contributed by atoms with Gasteiger partial charge < -0.3 is 20.5 Å². The van der Waals surface area contributed by atoms with E-state index in [4.69, 9.17) is 16.3 Å². The molecule has 2 amide bonds. The molecule has 0 aromatic heterocycles. The van der Waals surface area contributed by atoms with Crippen LogP contribution in [0.5, 0.6) is 0 Å². The Labute approximate surface area is 221 Å². The first-order valence-electron chi connectivity index (χ1n) is 12.1. The monoisotopic (exact) mass is 528 g/mol. The van der Waals surface area contributed by atoms with Gasteiger partial charge in [0.15, 0.2) is 0 Å². The van der Waals surface area contributed by atoms with Crippen molar-refractivity contribution >= 4 is 41.0 Å². The zero-order chi connectivity index (χ0) is 27.5. The third kappa shape index (κ3) is 5.64. The molecule has 0 aliphatic heterocycles. The number of carbonyl (C=O) groups is 4. The number of halogens is 1. The quantitative estimate of drug-likeness (QED) is 0.429. The van der Waals surface area contributed by atoms with Crippen molar-refractivity contribution in [2.75, 3.05) is 12.4 Å². The summed E-state index contributed by atoms with van der Waals surface area (Å²) >= 11 is 6.19. The summed E-state index contributed by atoms with van der Waals surface area (Å²) in [5.41, 5.74) is 0.598. The van der Waals surface area contributed by atoms with E-state index in [-0.39, 0.29) is 18.2 Å². The lowest BCUT2D eigenvalue weighted by molar-refractivity contribution is -0.156. The maximum Gasteiger partial charge on any atom is 0.328 e. The smallest absolute Gasteiger partial charge is 0.328 e. The number of carboxylic acids is 1. The van der Waals surface area contributed by atoms with Crippen LogP contribution in [0.4, 0.5) is 5.69 Å². The molecule has 1 saturated carbocycles. The standard InChI is InChI=1S/C28H33ClN2O6/c1-16-7-6-8-20(29)22(16)24(33)30-18-11-9-17(10-12-18)15-21(25(34)37-5)31-23(32)19-13-14-28(4,26(35)36)27(19,2)3/h6-12,19,21H,13-15H2,1-5H3,(H,30,33)(H,31,32)(H,35,36)/t19-,21+,28+/m1/s1. The summed E-state index contributed by atoms with van der Waals surface area (Å²) in [6, 6.07) is 11.2. The van der Waals surface area contributed by atoms with E-state index in [1.807, 2.05) is 0 Å². The molecule has 0 spiro atoms. The van der Waals surface area contributed by atoms with Crippen LogP contribution >= 0.6 is 11.6 Å². The minimum atomic E-state index is -1.04. The number of aliphatic carboxylic acids is 1. The molecule has 3 N–H and O–H groups in total. The number of hydrogen-bond acceptors (Lipinski definition) is 5. The molecule has 3 atom stereocenters. The average molecular weight is 529 g/mol. The molecular weight excluding hydrogens is 496 g/mol. The molecule has 2 aromatic carbocycles. The fourth-order valence-electron chi connectivity index (χ4n) is 5.02. The van der Waals surface area contributed by atoms with Gasteiger partial charge in [-0.05, 0) is 61.4 Å². The largest absolute Gasteiger partial charge is 0.481 e. The predicted octanol–water partition coefficient (Wildman–Crippen LogP) is 4.63. The normalized spacial score (nSPS) is 21.1. The highest BCUT2D eigenvalue weighted by Crippen LogP contribution is 2.56. The highest BCUT2D eigenvalue weighted by molar-refractivity contribution is 6.34. The Morgan fingerprint density at radius 1 is 1.11 bits per heavy atom. The van der Waals surface area contributed by atoms with Crippen molar-refractivity contribution in [2.45, 2.75) is 53.0 Å². The van der Waals surface area contributed by atoms with Crippen LogP contribution in [0.25, 0.3) is 0 Å². The lowest BCUT2D eigenvalue weighted by Crippen LogP contribution is -2.50. The number of benzene rings is 2. The van der Waals surface area contributed by atoms with Crippen LogP contribution in [-0.2, 0) is 25.5 Å². The molecule has 1 fully saturated rings. The van der Waals surface area contributed by atoms with Gasteiger partial charge in [0.25, 0.3) is 5.91 Å². The van der Waals surface area contributed by atoms with E-state index in [2.05, 4.69) is 10.6 Å². The van der Waals surface area contributed by atoms with Gasteiger partial charge in [-0.1, -0.05) is 49.7 Å². The number of carboxylic acid groups (broad SMARTS) is 1. The Morgan fingerprint density at radius 3 is 2.30 bits per heavy atom. The number of methoxy groups -OCH3 is 1. The lowest BCUT2D eigenvalue weighted by Gasteiger charge is -2.38. The number of anilines is 1. The second kappa shape index (κ2) is 10.9. The zero-order valence-electron chi connectivity index (χ0n) is 21.7. The van der Waals surface area contributed by atoms with Crippen LogP contribution in [0.15, 0.2) is 42.5 Å². The minimum Gasteiger partial charge on any atom is -0.481 e. The maximum absolute atomic E-state index is 13.2. The minimum absolute atomic E-state index is 0.166. The summed E-state index contributed by atoms with van der Waals surface area (Å²) in [4.78, 5) is 50.3. The van der Waals surface area contributed by atoms with E-state index in [0.29, 0.717) is 29.1 Å². The average Bonchev–Trinajstić information content (AvgIpc) is 3.08. The first kappa shape index (κ1) is 28.2. The van der Waals surface area contributed by atoms with Gasteiger partial charge in [-0.3, -0.25) is 14.4 Å². The number of hydrogen-bond donors (Lipinski definition) is 3. The van der Waals surface area contributed by atoms with Gasteiger partial charge in [0.05, 0.1) is 23.1 Å². The van der Waals surface area contributed by atoms with Crippen LogP contribution in [0.3, 0.4) is 0 Å². The number of rotatable bonds is 8. The number of esters is 1. The molecular formula is C28H33ClN2O6. The number of aryl methyl sites for hydroxylation is 1. The topological polar surface area (TPSA) is 122 Å². The highest BCUT2D eigenvalue weighted by Gasteiger charge is 2.58. The van der Waals surface area contributed by atoms with Gasteiger partial charge in [0.1, 0.15) is 6.04 Å². The van der Waals surface area contributed by atoms with E-state index in [9.17, 15) is 24.3 Å². The summed E-state index contributed by atoms with van der Waals surface area (Å²) < 4.78 is 4.91. The molecule has 1 aliphatic carbocycles. The SMILES string of the molecule is COC(=O)[C@H](Cc1ccc(NC(=O)c2c(C)cccc2Cl)cc1)NC(=O)[C@H]1CC[C@@](C)(C(=O)O)C1(C)C. The van der Waals surface area contributed by atoms with Crippen LogP contribution in [0.1, 0.15) is 55.1 Å². The summed E-state index contributed by atoms with van der Waals surface area (Å²) in [7, 11) is 1.25. The van der Waals surface area contributed by atoms with E-state index >= 15 is 0 Å². The second-order valence-electron chi connectivity index (χ2n) is 10.3. The summed E-state index contributed by atoms with van der Waals surface area (Å²) in [5.74, 6) is -2.80. The Morgan fingerprint density at radius 2 is 1.76 bits per heavy atom. The van der Waals surface area contributed by atoms with Crippen molar-refractivity contribution in [2.24, 2.45) is 16.7 Å². The fraction of sp³-hybridized carbons (Fsp3) is 0.429. The molecule has 1 aliphatic rings. The molecule has 2 aromatic rings. The van der Waals surface area contributed by atoms with Crippen LogP contribution in [-0.4, -0.2) is 42.0 Å². The predicted molar refractivity (Wildman–Crippen MR) is 140 cm³/mol. The molecule has 0 heterocycles. The van der Waals surface area contributed by atoms with Crippen LogP contribution in [0, 0.1) is 23.7 Å². The van der Waals surface area contributed by atoms with Gasteiger partial charge in [0.2, 0.25) is 5.91 Å². The van der Waals surface area contributed by atoms with Gasteiger partial charge in [-0.15, -0.1) is 0 Å². The summed E-state index contributed by atoms with van der Waals surface area (Å²) in [6.45, 7) is 7.03. The van der Waals surface area contributed by atoms with Gasteiger partial charge in [-0.2, -0.15) is 0 Å². The Bertz CT molecular complexity index is 1190. The van der Waals surface area contributed by atoms with Crippen molar-refractivity contribution in [3.63, 3.8) is 0 Å². The second-order valence-corrected chi connectivity index (χ2v) is 10.7. The lowest BCUT2D eigenvalue weighted by atomic mass is 9.65. The van der Waals surface area contributed by atoms with Crippen LogP contribution < -0.4 is 10.6 Å². The Hall–Kier alpha value is -3.39. The molecule has 9 heteroatoms. The van der Waals surface area contributed by atoms with E-state index < -0.39 is 34.7 Å². The molecule has 0 bridgehead atoms. The third-order valence-electron chi connectivity index (χ3n) is 7.92. The molecule has 37 heavy (non-hydrogen) atoms. The molecule has 198 valence electrons. The highest BCUT2D eigenvalue weighted by atomic mass is 35.5. The number of nitrogens with one attached hydrogen (secondary N) is 2. The Balaban J connectivity index is 1.71. The maximum atomic E-state index is 13.2. The van der Waals surface area contributed by atoms with E-state index in [1.54, 1.807) is 70.2 Å². The third-order valence-corrected chi connectivity index (χ3v) is 8.23. The molecule has 8 nitrogen and oxygen atoms in total. The van der Waals surface area contributed by atoms with Crippen molar-refractivity contribution < 1.29 is 29.0 Å². The van der Waals surface area contributed by atoms with Crippen molar-refractivity contribution in [1.29, 1.82) is 0 Å². The fourth-order valence-corrected chi connectivity index (χ4v) is 5.33. The number of amides is 2. The first-order chi connectivity index (χ1) is 17.3. The first-order valence-corrected chi connectivity index (χ1v) is 12.5. The van der Waals surface area contributed by atoms with Crippen molar-refractivity contribution in [3.05, 3.63) is 64.2 Å². The summed E-state index contributed by atoms with van der Waals surface area (Å²) in [6.07, 6.45) is 0.950. The molecule has 0 radical (unpaired) electrons. The van der Waals surface area contributed by atoms with E-state index in [0.717, 1.165) is 11.1 Å². The summed E-state index contributed by atoms with van der Waals surface area (Å²) in [5, 5.41) is 15.7. The zero-order valence-corrected chi connectivity index (χ0v) is 22.4. The van der Waals surface area contributed by atoms with Crippen LogP contribution in [0.2, 0.25) is 5.02 Å². The van der Waals surface area contributed by atoms with Gasteiger partial charge >= 0.3 is 11.9 Å². The Kier molecular flexibility index (Phi) is 8.32. The molecule has 0 unspecified atom stereocenters. The molecule has 3 rings (SSSR count). The molecule has 0 saturated heterocycles.